The van der Waals surface area contributed by atoms with Gasteiger partial charge in [0.25, 0.3) is 5.91 Å². The molecule has 2 saturated heterocycles. The predicted molar refractivity (Wildman–Crippen MR) is 126 cm³/mol. The van der Waals surface area contributed by atoms with Crippen molar-refractivity contribution < 1.29 is 27.4 Å². The summed E-state index contributed by atoms with van der Waals surface area (Å²) in [6.07, 6.45) is -0.784. The standard InChI is InChI=1S/C25H29F3N4O3/c1-16-20(6-10-29-23(16)31-19-5-3-4-17(14-19)25(26,27)28)24(33)32-11-7-18(8-12-32)30-21-9-13-35-15-22(21)34-2/h3-6,10,14,18,22H,7-9,11-13,15H2,1-2H3,(H,29,31). The van der Waals surface area contributed by atoms with Crippen LogP contribution in [0, 0.1) is 6.92 Å². The van der Waals surface area contributed by atoms with Crippen LogP contribution in [0.2, 0.25) is 0 Å². The average Bonchev–Trinajstić information content (AvgIpc) is 2.85. The number of nitrogens with zero attached hydrogens (tertiary/aromatic N) is 3. The van der Waals surface area contributed by atoms with Gasteiger partial charge in [-0.3, -0.25) is 9.79 Å². The Hall–Kier alpha value is -2.98. The van der Waals surface area contributed by atoms with Gasteiger partial charge in [0.05, 0.1) is 24.8 Å². The summed E-state index contributed by atoms with van der Waals surface area (Å²) >= 11 is 0. The number of carbonyl (C=O) groups excluding carboxylic acids is 1. The molecular weight excluding hydrogens is 461 g/mol. The second-order valence-corrected chi connectivity index (χ2v) is 8.73. The van der Waals surface area contributed by atoms with Crippen molar-refractivity contribution in [2.75, 3.05) is 38.7 Å². The van der Waals surface area contributed by atoms with Gasteiger partial charge >= 0.3 is 6.18 Å². The first-order valence-electron chi connectivity index (χ1n) is 11.6. The molecular formula is C25H29F3N4O3. The van der Waals surface area contributed by atoms with Gasteiger partial charge in [0.15, 0.2) is 0 Å². The zero-order valence-corrected chi connectivity index (χ0v) is 19.8. The molecule has 0 bridgehead atoms. The Labute approximate surface area is 202 Å². The molecule has 0 aliphatic carbocycles. The van der Waals surface area contributed by atoms with Crippen LogP contribution in [0.3, 0.4) is 0 Å². The van der Waals surface area contributed by atoms with E-state index in [2.05, 4.69) is 10.3 Å². The van der Waals surface area contributed by atoms with E-state index >= 15 is 0 Å². The highest BCUT2D eigenvalue weighted by Crippen LogP contribution is 2.32. The van der Waals surface area contributed by atoms with E-state index in [1.807, 2.05) is 0 Å². The molecule has 2 aliphatic rings. The normalized spacial score (nSPS) is 20.8. The minimum atomic E-state index is -4.44. The summed E-state index contributed by atoms with van der Waals surface area (Å²) in [5.41, 5.74) is 1.59. The maximum atomic E-state index is 13.3. The number of alkyl halides is 3. The minimum absolute atomic E-state index is 0.106. The molecule has 1 atom stereocenters. The van der Waals surface area contributed by atoms with Crippen molar-refractivity contribution in [1.29, 1.82) is 0 Å². The summed E-state index contributed by atoms with van der Waals surface area (Å²) in [5, 5.41) is 2.92. The number of ether oxygens (including phenoxy) is 2. The molecule has 0 saturated carbocycles. The molecule has 4 rings (SSSR count). The first-order chi connectivity index (χ1) is 16.8. The van der Waals surface area contributed by atoms with Gasteiger partial charge in [0, 0.05) is 55.3 Å². The Balaban J connectivity index is 1.42. The Morgan fingerprint density at radius 1 is 1.26 bits per heavy atom. The molecule has 2 aromatic rings. The van der Waals surface area contributed by atoms with Crippen LogP contribution in [0.25, 0.3) is 0 Å². The number of likely N-dealkylation sites (tertiary alicyclic amines) is 1. The van der Waals surface area contributed by atoms with E-state index in [9.17, 15) is 18.0 Å². The smallest absolute Gasteiger partial charge is 0.378 e. The van der Waals surface area contributed by atoms with Crippen molar-refractivity contribution in [2.45, 2.75) is 44.5 Å². The fourth-order valence-electron chi connectivity index (χ4n) is 4.38. The Bertz CT molecular complexity index is 1080. The number of rotatable bonds is 5. The molecule has 1 aromatic carbocycles. The Morgan fingerprint density at radius 3 is 2.74 bits per heavy atom. The van der Waals surface area contributed by atoms with Gasteiger partial charge in [-0.25, -0.2) is 4.98 Å². The highest BCUT2D eigenvalue weighted by molar-refractivity contribution is 5.97. The number of methoxy groups -OCH3 is 1. The molecule has 2 fully saturated rings. The fraction of sp³-hybridized carbons (Fsp3) is 0.480. The molecule has 1 aromatic heterocycles. The third-order valence-electron chi connectivity index (χ3n) is 6.42. The maximum absolute atomic E-state index is 13.3. The van der Waals surface area contributed by atoms with Gasteiger partial charge in [-0.2, -0.15) is 13.2 Å². The van der Waals surface area contributed by atoms with E-state index in [-0.39, 0.29) is 23.7 Å². The summed E-state index contributed by atoms with van der Waals surface area (Å²) < 4.78 is 50.0. The van der Waals surface area contributed by atoms with E-state index < -0.39 is 11.7 Å². The van der Waals surface area contributed by atoms with Crippen LogP contribution in [-0.4, -0.2) is 67.1 Å². The van der Waals surface area contributed by atoms with Crippen LogP contribution >= 0.6 is 0 Å². The summed E-state index contributed by atoms with van der Waals surface area (Å²) in [6, 6.07) is 6.68. The van der Waals surface area contributed by atoms with E-state index in [4.69, 9.17) is 14.5 Å². The van der Waals surface area contributed by atoms with Crippen LogP contribution in [0.4, 0.5) is 24.7 Å². The average molecular weight is 491 g/mol. The molecule has 10 heteroatoms. The molecule has 0 spiro atoms. The van der Waals surface area contributed by atoms with Crippen LogP contribution in [-0.2, 0) is 15.7 Å². The van der Waals surface area contributed by atoms with Gasteiger partial charge in [0.1, 0.15) is 11.9 Å². The monoisotopic (exact) mass is 490 g/mol. The third kappa shape index (κ3) is 5.99. The van der Waals surface area contributed by atoms with Crippen LogP contribution < -0.4 is 5.32 Å². The molecule has 3 heterocycles. The molecule has 35 heavy (non-hydrogen) atoms. The van der Waals surface area contributed by atoms with Crippen LogP contribution in [0.1, 0.15) is 40.7 Å². The van der Waals surface area contributed by atoms with Gasteiger partial charge < -0.3 is 19.7 Å². The van der Waals surface area contributed by atoms with Crippen molar-refractivity contribution in [1.82, 2.24) is 9.88 Å². The van der Waals surface area contributed by atoms with Gasteiger partial charge in [-0.15, -0.1) is 0 Å². The lowest BCUT2D eigenvalue weighted by molar-refractivity contribution is -0.137. The number of carbonyl (C=O) groups is 1. The van der Waals surface area contributed by atoms with Crippen LogP contribution in [0.5, 0.6) is 0 Å². The summed E-state index contributed by atoms with van der Waals surface area (Å²) in [4.78, 5) is 24.2. The van der Waals surface area contributed by atoms with Crippen molar-refractivity contribution in [3.63, 3.8) is 0 Å². The number of hydrogen-bond acceptors (Lipinski definition) is 6. The third-order valence-corrected chi connectivity index (χ3v) is 6.42. The largest absolute Gasteiger partial charge is 0.416 e. The molecule has 1 amide bonds. The number of aliphatic imine (C=N–C) groups is 1. The highest BCUT2D eigenvalue weighted by atomic mass is 19.4. The second kappa shape index (κ2) is 10.7. The molecule has 2 aliphatic heterocycles. The first kappa shape index (κ1) is 25.1. The van der Waals surface area contributed by atoms with E-state index in [0.29, 0.717) is 43.2 Å². The molecule has 1 unspecified atom stereocenters. The summed E-state index contributed by atoms with van der Waals surface area (Å²) in [6.45, 7) is 4.06. The summed E-state index contributed by atoms with van der Waals surface area (Å²) in [5.74, 6) is 0.227. The van der Waals surface area contributed by atoms with E-state index in [1.54, 1.807) is 25.0 Å². The molecule has 0 radical (unpaired) electrons. The quantitative estimate of drug-likeness (QED) is 0.661. The molecule has 1 N–H and O–H groups in total. The highest BCUT2D eigenvalue weighted by Gasteiger charge is 2.31. The van der Waals surface area contributed by atoms with Gasteiger partial charge in [0.2, 0.25) is 0 Å². The lowest BCUT2D eigenvalue weighted by Gasteiger charge is -2.32. The molecule has 188 valence electrons. The maximum Gasteiger partial charge on any atom is 0.416 e. The van der Waals surface area contributed by atoms with Crippen LogP contribution in [0.15, 0.2) is 41.5 Å². The fourth-order valence-corrected chi connectivity index (χ4v) is 4.38. The number of hydrogen-bond donors (Lipinski definition) is 1. The van der Waals surface area contributed by atoms with Crippen molar-refractivity contribution in [3.8, 4) is 0 Å². The van der Waals surface area contributed by atoms with Crippen molar-refractivity contribution in [2.24, 2.45) is 4.99 Å². The number of piperidine rings is 1. The lowest BCUT2D eigenvalue weighted by atomic mass is 10.0. The summed E-state index contributed by atoms with van der Waals surface area (Å²) in [7, 11) is 1.66. The zero-order chi connectivity index (χ0) is 25.0. The number of aromatic nitrogens is 1. The van der Waals surface area contributed by atoms with Gasteiger partial charge in [-0.05, 0) is 44.0 Å². The predicted octanol–water partition coefficient (Wildman–Crippen LogP) is 4.63. The lowest BCUT2D eigenvalue weighted by Crippen LogP contribution is -2.41. The van der Waals surface area contributed by atoms with Crippen molar-refractivity contribution in [3.05, 3.63) is 53.2 Å². The van der Waals surface area contributed by atoms with Gasteiger partial charge in [-0.1, -0.05) is 6.07 Å². The second-order valence-electron chi connectivity index (χ2n) is 8.73. The minimum Gasteiger partial charge on any atom is -0.378 e. The first-order valence-corrected chi connectivity index (χ1v) is 11.6. The number of amides is 1. The SMILES string of the molecule is COC1COCCC1=NC1CCN(C(=O)c2ccnc(Nc3cccc(C(F)(F)F)c3)c2C)CC1. The molecule has 7 nitrogen and oxygen atoms in total. The number of anilines is 2. The Kier molecular flexibility index (Phi) is 7.71. The van der Waals surface area contributed by atoms with E-state index in [1.165, 1.54) is 18.3 Å². The topological polar surface area (TPSA) is 76.1 Å². The number of halogens is 3. The number of benzene rings is 1. The number of pyridine rings is 1. The number of nitrogens with one attached hydrogen (secondary N) is 1. The zero-order valence-electron chi connectivity index (χ0n) is 19.8. The van der Waals surface area contributed by atoms with E-state index in [0.717, 1.165) is 37.1 Å². The van der Waals surface area contributed by atoms with Crippen molar-refractivity contribution >= 4 is 23.1 Å². The Morgan fingerprint density at radius 2 is 2.03 bits per heavy atom.